The number of anilines is 3. The number of methoxy groups -OCH3 is 1. The SMILES string of the molecule is COc1cc(CC(=O)N(C)CCOc2ccc(C(=O)O)cc2N)ccc1NC(=O)Nc1ccccc1C. The van der Waals surface area contributed by atoms with Gasteiger partial charge in [-0.15, -0.1) is 0 Å². The molecule has 3 amide bonds. The van der Waals surface area contributed by atoms with E-state index in [0.29, 0.717) is 35.0 Å². The second-order valence-corrected chi connectivity index (χ2v) is 8.33. The van der Waals surface area contributed by atoms with Crippen molar-refractivity contribution >= 4 is 35.0 Å². The molecule has 0 aliphatic heterocycles. The number of hydrogen-bond donors (Lipinski definition) is 4. The van der Waals surface area contributed by atoms with Crippen LogP contribution in [0.3, 0.4) is 0 Å². The Morgan fingerprint density at radius 1 is 0.973 bits per heavy atom. The van der Waals surface area contributed by atoms with Gasteiger partial charge in [0, 0.05) is 12.7 Å². The number of ether oxygens (including phenoxy) is 2. The Kier molecular flexibility index (Phi) is 8.93. The second-order valence-electron chi connectivity index (χ2n) is 8.33. The topological polar surface area (TPSA) is 143 Å². The summed E-state index contributed by atoms with van der Waals surface area (Å²) < 4.78 is 11.0. The monoisotopic (exact) mass is 506 g/mol. The molecular weight excluding hydrogens is 476 g/mol. The van der Waals surface area contributed by atoms with Gasteiger partial charge >= 0.3 is 12.0 Å². The van der Waals surface area contributed by atoms with Gasteiger partial charge in [0.25, 0.3) is 0 Å². The van der Waals surface area contributed by atoms with E-state index in [1.54, 1.807) is 25.2 Å². The summed E-state index contributed by atoms with van der Waals surface area (Å²) in [5, 5.41) is 14.6. The summed E-state index contributed by atoms with van der Waals surface area (Å²) in [5.74, 6) is -0.436. The summed E-state index contributed by atoms with van der Waals surface area (Å²) in [6.07, 6.45) is 0.123. The fourth-order valence-corrected chi connectivity index (χ4v) is 3.48. The van der Waals surface area contributed by atoms with E-state index in [-0.39, 0.29) is 30.2 Å². The lowest BCUT2D eigenvalue weighted by molar-refractivity contribution is -0.129. The van der Waals surface area contributed by atoms with Gasteiger partial charge in [0.1, 0.15) is 18.1 Å². The van der Waals surface area contributed by atoms with Crippen molar-refractivity contribution in [3.63, 3.8) is 0 Å². The molecule has 0 saturated carbocycles. The molecule has 0 atom stereocenters. The normalized spacial score (nSPS) is 10.4. The predicted octanol–water partition coefficient (Wildman–Crippen LogP) is 4.01. The van der Waals surface area contributed by atoms with Crippen molar-refractivity contribution < 1.29 is 29.0 Å². The Hall–Kier alpha value is -4.73. The van der Waals surface area contributed by atoms with Gasteiger partial charge < -0.3 is 35.8 Å². The molecule has 37 heavy (non-hydrogen) atoms. The smallest absolute Gasteiger partial charge is 0.335 e. The van der Waals surface area contributed by atoms with Crippen molar-refractivity contribution in [2.45, 2.75) is 13.3 Å². The van der Waals surface area contributed by atoms with Crippen LogP contribution in [0.1, 0.15) is 21.5 Å². The Morgan fingerprint density at radius 2 is 1.70 bits per heavy atom. The Bertz CT molecular complexity index is 1290. The standard InChI is InChI=1S/C27H30N4O6/c1-17-6-4-5-7-21(17)29-27(35)30-22-10-8-18(14-24(22)36-3)15-25(32)31(2)12-13-37-23-11-9-19(26(33)34)16-20(23)28/h4-11,14,16H,12-13,15,28H2,1-3H3,(H,33,34)(H2,29,30,35). The van der Waals surface area contributed by atoms with Crippen molar-refractivity contribution in [3.05, 3.63) is 77.4 Å². The van der Waals surface area contributed by atoms with E-state index in [9.17, 15) is 14.4 Å². The van der Waals surface area contributed by atoms with Gasteiger partial charge in [-0.2, -0.15) is 0 Å². The molecule has 0 aliphatic rings. The van der Waals surface area contributed by atoms with Gasteiger partial charge in [0.2, 0.25) is 5.91 Å². The van der Waals surface area contributed by atoms with E-state index >= 15 is 0 Å². The van der Waals surface area contributed by atoms with Crippen LogP contribution in [0.5, 0.6) is 11.5 Å². The highest BCUT2D eigenvalue weighted by atomic mass is 16.5. The van der Waals surface area contributed by atoms with E-state index in [4.69, 9.17) is 20.3 Å². The van der Waals surface area contributed by atoms with E-state index in [1.165, 1.54) is 30.2 Å². The van der Waals surface area contributed by atoms with Gasteiger partial charge in [-0.3, -0.25) is 4.79 Å². The number of carboxylic acid groups (broad SMARTS) is 1. The molecule has 0 spiro atoms. The largest absolute Gasteiger partial charge is 0.495 e. The quantitative estimate of drug-likeness (QED) is 0.304. The van der Waals surface area contributed by atoms with Gasteiger partial charge in [0.05, 0.1) is 37.0 Å². The number of likely N-dealkylation sites (N-methyl/N-ethyl adjacent to an activating group) is 1. The zero-order valence-electron chi connectivity index (χ0n) is 20.9. The molecule has 3 aromatic rings. The van der Waals surface area contributed by atoms with E-state index in [0.717, 1.165) is 5.56 Å². The number of nitrogen functional groups attached to an aromatic ring is 1. The van der Waals surface area contributed by atoms with E-state index < -0.39 is 12.0 Å². The van der Waals surface area contributed by atoms with Crippen LogP contribution < -0.4 is 25.8 Å². The van der Waals surface area contributed by atoms with Crippen LogP contribution in [0, 0.1) is 6.92 Å². The second kappa shape index (κ2) is 12.3. The number of amides is 3. The number of hydrogen-bond acceptors (Lipinski definition) is 6. The number of carbonyl (C=O) groups excluding carboxylic acids is 2. The van der Waals surface area contributed by atoms with Gasteiger partial charge in [0.15, 0.2) is 0 Å². The predicted molar refractivity (Wildman–Crippen MR) is 141 cm³/mol. The molecule has 10 heteroatoms. The fraction of sp³-hybridized carbons (Fsp3) is 0.222. The summed E-state index contributed by atoms with van der Waals surface area (Å²) in [6.45, 7) is 2.38. The highest BCUT2D eigenvalue weighted by Crippen LogP contribution is 2.27. The number of carboxylic acids is 1. The molecule has 0 unspecified atom stereocenters. The lowest BCUT2D eigenvalue weighted by atomic mass is 10.1. The third-order valence-electron chi connectivity index (χ3n) is 5.63. The minimum absolute atomic E-state index is 0.0701. The average molecular weight is 507 g/mol. The van der Waals surface area contributed by atoms with Crippen molar-refractivity contribution in [3.8, 4) is 11.5 Å². The van der Waals surface area contributed by atoms with Crippen LogP contribution in [-0.2, 0) is 11.2 Å². The van der Waals surface area contributed by atoms with Gasteiger partial charge in [-0.05, 0) is 54.4 Å². The molecule has 0 aromatic heterocycles. The first-order valence-corrected chi connectivity index (χ1v) is 11.5. The van der Waals surface area contributed by atoms with Crippen LogP contribution in [-0.4, -0.2) is 55.2 Å². The van der Waals surface area contributed by atoms with Crippen LogP contribution in [0.4, 0.5) is 21.9 Å². The van der Waals surface area contributed by atoms with E-state index in [1.807, 2.05) is 31.2 Å². The molecule has 0 saturated heterocycles. The molecule has 0 heterocycles. The molecule has 0 radical (unpaired) electrons. The summed E-state index contributed by atoms with van der Waals surface area (Å²) >= 11 is 0. The average Bonchev–Trinajstić information content (AvgIpc) is 2.87. The number of aryl methyl sites for hydroxylation is 1. The maximum Gasteiger partial charge on any atom is 0.335 e. The maximum absolute atomic E-state index is 12.7. The lowest BCUT2D eigenvalue weighted by Crippen LogP contribution is -2.32. The lowest BCUT2D eigenvalue weighted by Gasteiger charge is -2.19. The van der Waals surface area contributed by atoms with Crippen molar-refractivity contribution in [2.75, 3.05) is 43.7 Å². The molecule has 10 nitrogen and oxygen atoms in total. The first-order valence-electron chi connectivity index (χ1n) is 11.5. The summed E-state index contributed by atoms with van der Waals surface area (Å²) in [4.78, 5) is 37.7. The third kappa shape index (κ3) is 7.38. The Balaban J connectivity index is 1.53. The first-order chi connectivity index (χ1) is 17.7. The molecular formula is C27H30N4O6. The number of para-hydroxylation sites is 1. The number of nitrogens with one attached hydrogen (secondary N) is 2. The number of benzene rings is 3. The maximum atomic E-state index is 12.7. The van der Waals surface area contributed by atoms with Crippen LogP contribution in [0.15, 0.2) is 60.7 Å². The molecule has 194 valence electrons. The van der Waals surface area contributed by atoms with Crippen LogP contribution in [0.2, 0.25) is 0 Å². The van der Waals surface area contributed by atoms with Crippen molar-refractivity contribution in [1.82, 2.24) is 4.90 Å². The molecule has 0 aliphatic carbocycles. The number of aromatic carboxylic acids is 1. The van der Waals surface area contributed by atoms with Crippen molar-refractivity contribution in [2.24, 2.45) is 0 Å². The summed E-state index contributed by atoms with van der Waals surface area (Å²) in [5.41, 5.74) is 8.95. The molecule has 3 rings (SSSR count). The Labute approximate surface area is 215 Å². The first kappa shape index (κ1) is 26.9. The zero-order chi connectivity index (χ0) is 26.9. The molecule has 5 N–H and O–H groups in total. The minimum atomic E-state index is -1.07. The van der Waals surface area contributed by atoms with Gasteiger partial charge in [-0.1, -0.05) is 24.3 Å². The van der Waals surface area contributed by atoms with Crippen LogP contribution >= 0.6 is 0 Å². The summed E-state index contributed by atoms with van der Waals surface area (Å²) in [6, 6.07) is 16.4. The Morgan fingerprint density at radius 3 is 2.38 bits per heavy atom. The summed E-state index contributed by atoms with van der Waals surface area (Å²) in [7, 11) is 3.15. The minimum Gasteiger partial charge on any atom is -0.495 e. The van der Waals surface area contributed by atoms with Crippen LogP contribution in [0.25, 0.3) is 0 Å². The van der Waals surface area contributed by atoms with Crippen molar-refractivity contribution in [1.29, 1.82) is 0 Å². The number of urea groups is 1. The molecule has 3 aromatic carbocycles. The van der Waals surface area contributed by atoms with E-state index in [2.05, 4.69) is 10.6 Å². The number of nitrogens with zero attached hydrogens (tertiary/aromatic N) is 1. The number of rotatable bonds is 10. The molecule has 0 bridgehead atoms. The number of nitrogens with two attached hydrogens (primary N) is 1. The highest BCUT2D eigenvalue weighted by molar-refractivity contribution is 6.01. The third-order valence-corrected chi connectivity index (χ3v) is 5.63. The fourth-order valence-electron chi connectivity index (χ4n) is 3.48. The van der Waals surface area contributed by atoms with Gasteiger partial charge in [-0.25, -0.2) is 9.59 Å². The number of carbonyl (C=O) groups is 3. The highest BCUT2D eigenvalue weighted by Gasteiger charge is 2.14. The molecule has 0 fully saturated rings. The zero-order valence-corrected chi connectivity index (χ0v) is 20.9.